The predicted molar refractivity (Wildman–Crippen MR) is 123 cm³/mol. The minimum atomic E-state index is -0.0930. The summed E-state index contributed by atoms with van der Waals surface area (Å²) >= 11 is 0. The van der Waals surface area contributed by atoms with Gasteiger partial charge in [0.25, 0.3) is 0 Å². The van der Waals surface area contributed by atoms with Crippen LogP contribution in [0, 0.1) is 5.92 Å². The SMILES string of the molecule is O=C(Nc1ccccc1)C1CCCN(c2nc(-c3cccnc3)nc3ccccc23)C1. The van der Waals surface area contributed by atoms with E-state index in [2.05, 4.69) is 15.2 Å². The number of benzene rings is 2. The van der Waals surface area contributed by atoms with Gasteiger partial charge in [-0.2, -0.15) is 0 Å². The Bertz CT molecular complexity index is 1200. The predicted octanol–water partition coefficient (Wildman–Crippen LogP) is 4.55. The van der Waals surface area contributed by atoms with Gasteiger partial charge in [-0.15, -0.1) is 0 Å². The Morgan fingerprint density at radius 2 is 1.81 bits per heavy atom. The number of nitrogens with one attached hydrogen (secondary N) is 1. The van der Waals surface area contributed by atoms with Crippen molar-refractivity contribution in [2.45, 2.75) is 12.8 Å². The fraction of sp³-hybridized carbons (Fsp3) is 0.200. The number of fused-ring (bicyclic) bond motifs is 1. The Kier molecular flexibility index (Phi) is 5.27. The fourth-order valence-electron chi connectivity index (χ4n) is 4.07. The van der Waals surface area contributed by atoms with Crippen molar-refractivity contribution in [3.63, 3.8) is 0 Å². The minimum absolute atomic E-state index is 0.0572. The van der Waals surface area contributed by atoms with E-state index in [1.807, 2.05) is 66.7 Å². The van der Waals surface area contributed by atoms with Crippen molar-refractivity contribution in [2.75, 3.05) is 23.3 Å². The van der Waals surface area contributed by atoms with Crippen molar-refractivity contribution in [1.82, 2.24) is 15.0 Å². The van der Waals surface area contributed by atoms with E-state index in [4.69, 9.17) is 9.97 Å². The van der Waals surface area contributed by atoms with Crippen LogP contribution in [0.25, 0.3) is 22.3 Å². The summed E-state index contributed by atoms with van der Waals surface area (Å²) in [7, 11) is 0. The molecule has 1 aliphatic heterocycles. The molecule has 6 heteroatoms. The maximum Gasteiger partial charge on any atom is 0.229 e. The van der Waals surface area contributed by atoms with Crippen molar-refractivity contribution in [3.05, 3.63) is 79.1 Å². The smallest absolute Gasteiger partial charge is 0.229 e. The Balaban J connectivity index is 1.46. The Labute approximate surface area is 181 Å². The molecule has 0 bridgehead atoms. The fourth-order valence-corrected chi connectivity index (χ4v) is 4.07. The minimum Gasteiger partial charge on any atom is -0.355 e. The number of carbonyl (C=O) groups excluding carboxylic acids is 1. The summed E-state index contributed by atoms with van der Waals surface area (Å²) < 4.78 is 0. The van der Waals surface area contributed by atoms with Gasteiger partial charge >= 0.3 is 0 Å². The van der Waals surface area contributed by atoms with Crippen molar-refractivity contribution >= 4 is 28.3 Å². The number of amides is 1. The molecule has 2 aromatic carbocycles. The highest BCUT2D eigenvalue weighted by molar-refractivity contribution is 5.94. The number of rotatable bonds is 4. The first-order valence-electron chi connectivity index (χ1n) is 10.6. The molecule has 1 saturated heterocycles. The Hall–Kier alpha value is -3.80. The Morgan fingerprint density at radius 1 is 0.968 bits per heavy atom. The lowest BCUT2D eigenvalue weighted by Crippen LogP contribution is -2.41. The van der Waals surface area contributed by atoms with Gasteiger partial charge in [0.2, 0.25) is 5.91 Å². The van der Waals surface area contributed by atoms with Crippen LogP contribution >= 0.6 is 0 Å². The first-order chi connectivity index (χ1) is 15.3. The van der Waals surface area contributed by atoms with Crippen molar-refractivity contribution in [2.24, 2.45) is 5.92 Å². The molecule has 6 nitrogen and oxygen atoms in total. The number of hydrogen-bond acceptors (Lipinski definition) is 5. The molecule has 3 heterocycles. The molecule has 1 fully saturated rings. The van der Waals surface area contributed by atoms with Crippen LogP contribution in [-0.2, 0) is 4.79 Å². The largest absolute Gasteiger partial charge is 0.355 e. The van der Waals surface area contributed by atoms with Crippen LogP contribution in [-0.4, -0.2) is 33.9 Å². The first kappa shape index (κ1) is 19.2. The lowest BCUT2D eigenvalue weighted by atomic mass is 9.96. The molecule has 1 unspecified atom stereocenters. The maximum atomic E-state index is 12.9. The molecule has 1 amide bonds. The van der Waals surface area contributed by atoms with Gasteiger partial charge in [0.1, 0.15) is 5.82 Å². The lowest BCUT2D eigenvalue weighted by Gasteiger charge is -2.33. The summed E-state index contributed by atoms with van der Waals surface area (Å²) in [6.45, 7) is 1.49. The molecule has 5 rings (SSSR count). The van der Waals surface area contributed by atoms with Crippen LogP contribution in [0.1, 0.15) is 12.8 Å². The third-order valence-electron chi connectivity index (χ3n) is 5.64. The quantitative estimate of drug-likeness (QED) is 0.536. The number of anilines is 2. The lowest BCUT2D eigenvalue weighted by molar-refractivity contribution is -0.120. The molecule has 0 radical (unpaired) electrons. The highest BCUT2D eigenvalue weighted by atomic mass is 16.1. The Morgan fingerprint density at radius 3 is 2.65 bits per heavy atom. The third kappa shape index (κ3) is 4.10. The molecule has 2 aromatic heterocycles. The van der Waals surface area contributed by atoms with E-state index < -0.39 is 0 Å². The number of hydrogen-bond donors (Lipinski definition) is 1. The van der Waals surface area contributed by atoms with Gasteiger partial charge in [0.05, 0.1) is 11.4 Å². The van der Waals surface area contributed by atoms with E-state index in [0.29, 0.717) is 12.4 Å². The molecule has 1 atom stereocenters. The normalized spacial score (nSPS) is 16.3. The number of aromatic nitrogens is 3. The van der Waals surface area contributed by atoms with Crippen LogP contribution in [0.2, 0.25) is 0 Å². The third-order valence-corrected chi connectivity index (χ3v) is 5.64. The number of nitrogens with zero attached hydrogens (tertiary/aromatic N) is 4. The zero-order valence-electron chi connectivity index (χ0n) is 17.1. The molecule has 1 N–H and O–H groups in total. The van der Waals surface area contributed by atoms with Gasteiger partial charge in [-0.1, -0.05) is 30.3 Å². The van der Waals surface area contributed by atoms with E-state index >= 15 is 0 Å². The van der Waals surface area contributed by atoms with Crippen LogP contribution in [0.5, 0.6) is 0 Å². The van der Waals surface area contributed by atoms with Crippen molar-refractivity contribution in [3.8, 4) is 11.4 Å². The molecule has 31 heavy (non-hydrogen) atoms. The summed E-state index contributed by atoms with van der Waals surface area (Å²) in [5.41, 5.74) is 2.60. The molecule has 0 spiro atoms. The van der Waals surface area contributed by atoms with E-state index in [1.165, 1.54) is 0 Å². The standard InChI is InChI=1S/C25H23N5O/c31-25(27-20-10-2-1-3-11-20)19-9-7-15-30(17-19)24-21-12-4-5-13-22(21)28-23(29-24)18-8-6-14-26-16-18/h1-6,8,10-14,16,19H,7,9,15,17H2,(H,27,31). The second-order valence-electron chi connectivity index (χ2n) is 7.77. The molecular weight excluding hydrogens is 386 g/mol. The summed E-state index contributed by atoms with van der Waals surface area (Å²) in [5.74, 6) is 1.49. The summed E-state index contributed by atoms with van der Waals surface area (Å²) in [5, 5.41) is 4.05. The van der Waals surface area contributed by atoms with Crippen LogP contribution in [0.4, 0.5) is 11.5 Å². The number of para-hydroxylation sites is 2. The number of carbonyl (C=O) groups is 1. The van der Waals surface area contributed by atoms with E-state index in [1.54, 1.807) is 12.4 Å². The highest BCUT2D eigenvalue weighted by Crippen LogP contribution is 2.30. The van der Waals surface area contributed by atoms with Gasteiger partial charge < -0.3 is 10.2 Å². The molecular formula is C25H23N5O. The summed E-state index contributed by atoms with van der Waals surface area (Å²) in [6.07, 6.45) is 5.33. The first-order valence-corrected chi connectivity index (χ1v) is 10.6. The monoisotopic (exact) mass is 409 g/mol. The van der Waals surface area contributed by atoms with Crippen LogP contribution in [0.3, 0.4) is 0 Å². The zero-order chi connectivity index (χ0) is 21.0. The topological polar surface area (TPSA) is 71.0 Å². The second kappa shape index (κ2) is 8.52. The average molecular weight is 409 g/mol. The molecule has 0 aliphatic carbocycles. The van der Waals surface area contributed by atoms with Gasteiger partial charge in [-0.3, -0.25) is 9.78 Å². The molecule has 154 valence electrons. The zero-order valence-corrected chi connectivity index (χ0v) is 17.1. The number of pyridine rings is 1. The van der Waals surface area contributed by atoms with Crippen LogP contribution < -0.4 is 10.2 Å². The molecule has 0 saturated carbocycles. The van der Waals surface area contributed by atoms with Gasteiger partial charge in [-0.25, -0.2) is 9.97 Å². The van der Waals surface area contributed by atoms with Gasteiger partial charge in [-0.05, 0) is 49.2 Å². The van der Waals surface area contributed by atoms with Crippen molar-refractivity contribution < 1.29 is 4.79 Å². The van der Waals surface area contributed by atoms with Gasteiger partial charge in [0, 0.05) is 42.1 Å². The average Bonchev–Trinajstić information content (AvgIpc) is 2.84. The summed E-state index contributed by atoms with van der Waals surface area (Å²) in [4.78, 5) is 29.0. The summed E-state index contributed by atoms with van der Waals surface area (Å²) in [6, 6.07) is 21.5. The highest BCUT2D eigenvalue weighted by Gasteiger charge is 2.28. The maximum absolute atomic E-state index is 12.9. The second-order valence-corrected chi connectivity index (χ2v) is 7.77. The van der Waals surface area contributed by atoms with E-state index in [-0.39, 0.29) is 11.8 Å². The number of piperidine rings is 1. The molecule has 4 aromatic rings. The van der Waals surface area contributed by atoms with Gasteiger partial charge in [0.15, 0.2) is 5.82 Å². The molecule has 1 aliphatic rings. The van der Waals surface area contributed by atoms with Crippen molar-refractivity contribution in [1.29, 1.82) is 0 Å². The van der Waals surface area contributed by atoms with E-state index in [0.717, 1.165) is 47.4 Å². The van der Waals surface area contributed by atoms with E-state index in [9.17, 15) is 4.79 Å². The van der Waals surface area contributed by atoms with Crippen LogP contribution in [0.15, 0.2) is 79.1 Å².